The summed E-state index contributed by atoms with van der Waals surface area (Å²) in [7, 11) is 0. The van der Waals surface area contributed by atoms with E-state index >= 15 is 0 Å². The second kappa shape index (κ2) is 3.77. The van der Waals surface area contributed by atoms with Gasteiger partial charge < -0.3 is 10.2 Å². The van der Waals surface area contributed by atoms with Crippen molar-refractivity contribution >= 4 is 0 Å². The highest BCUT2D eigenvalue weighted by molar-refractivity contribution is 5.23. The molecule has 1 atom stereocenters. The summed E-state index contributed by atoms with van der Waals surface area (Å²) < 4.78 is 1.16. The smallest absolute Gasteiger partial charge is 0.331 e. The van der Waals surface area contributed by atoms with Crippen molar-refractivity contribution in [3.8, 4) is 11.8 Å². The van der Waals surface area contributed by atoms with Gasteiger partial charge in [0.05, 0.1) is 0 Å². The molecule has 5 heteroatoms. The zero-order valence-electron chi connectivity index (χ0n) is 8.61. The summed E-state index contributed by atoms with van der Waals surface area (Å²) in [5.41, 5.74) is -0.479. The number of nitrogens with zero attached hydrogens (tertiary/aromatic N) is 1. The molecule has 0 spiro atoms. The van der Waals surface area contributed by atoms with E-state index in [0.717, 1.165) is 11.0 Å². The lowest BCUT2D eigenvalue weighted by molar-refractivity contribution is 0.332. The third kappa shape index (κ3) is 1.92. The Morgan fingerprint density at radius 2 is 1.93 bits per heavy atom. The molecule has 0 saturated carbocycles. The molecule has 1 heterocycles. The Morgan fingerprint density at radius 3 is 2.29 bits per heavy atom. The van der Waals surface area contributed by atoms with Crippen molar-refractivity contribution in [2.24, 2.45) is 5.92 Å². The standard InChI is InChI=1S/C9H16N2O3/c1-5(2)4-6(3)11-8(13)7(12)10-9(11)14/h5-6,12-13H,4H2,1-3H3,(H,10,14). The number of hydrogen-bond acceptors (Lipinski definition) is 3. The fraction of sp³-hybridized carbons (Fsp3) is 0.667. The molecule has 0 radical (unpaired) electrons. The van der Waals surface area contributed by atoms with Crippen molar-refractivity contribution in [3.63, 3.8) is 0 Å². The molecule has 0 aliphatic heterocycles. The zero-order valence-corrected chi connectivity index (χ0v) is 8.61. The summed E-state index contributed by atoms with van der Waals surface area (Å²) in [4.78, 5) is 13.4. The highest BCUT2D eigenvalue weighted by Gasteiger charge is 2.17. The average Bonchev–Trinajstić information content (AvgIpc) is 2.25. The summed E-state index contributed by atoms with van der Waals surface area (Å²) in [6, 6.07) is -0.125. The van der Waals surface area contributed by atoms with E-state index in [9.17, 15) is 9.90 Å². The van der Waals surface area contributed by atoms with Crippen molar-refractivity contribution in [1.29, 1.82) is 0 Å². The van der Waals surface area contributed by atoms with Gasteiger partial charge in [-0.15, -0.1) is 0 Å². The quantitative estimate of drug-likeness (QED) is 0.685. The molecule has 14 heavy (non-hydrogen) atoms. The minimum absolute atomic E-state index is 0.125. The maximum Gasteiger partial charge on any atom is 0.331 e. The van der Waals surface area contributed by atoms with Gasteiger partial charge in [-0.2, -0.15) is 0 Å². The molecule has 3 N–H and O–H groups in total. The molecule has 0 amide bonds. The normalized spacial score (nSPS) is 13.4. The van der Waals surface area contributed by atoms with Gasteiger partial charge in [0.1, 0.15) is 0 Å². The number of aromatic amines is 1. The molecule has 0 aliphatic rings. The van der Waals surface area contributed by atoms with Crippen LogP contribution in [0.25, 0.3) is 0 Å². The van der Waals surface area contributed by atoms with E-state index in [1.54, 1.807) is 0 Å². The molecule has 1 aromatic heterocycles. The highest BCUT2D eigenvalue weighted by atomic mass is 16.3. The predicted molar refractivity (Wildman–Crippen MR) is 52.5 cm³/mol. The summed E-state index contributed by atoms with van der Waals surface area (Å²) >= 11 is 0. The van der Waals surface area contributed by atoms with Crippen LogP contribution in [0.15, 0.2) is 4.79 Å². The molecule has 1 aromatic rings. The van der Waals surface area contributed by atoms with E-state index in [2.05, 4.69) is 4.98 Å². The summed E-state index contributed by atoms with van der Waals surface area (Å²) in [5, 5.41) is 18.5. The summed E-state index contributed by atoms with van der Waals surface area (Å²) in [6.07, 6.45) is 0.769. The third-order valence-electron chi connectivity index (χ3n) is 2.14. The van der Waals surface area contributed by atoms with E-state index in [0.29, 0.717) is 5.92 Å². The maximum atomic E-state index is 11.3. The Hall–Kier alpha value is -1.39. The van der Waals surface area contributed by atoms with Gasteiger partial charge in [-0.3, -0.25) is 9.55 Å². The second-order valence-corrected chi connectivity index (χ2v) is 3.95. The van der Waals surface area contributed by atoms with Crippen LogP contribution in [0.3, 0.4) is 0 Å². The molecule has 1 rings (SSSR count). The second-order valence-electron chi connectivity index (χ2n) is 3.95. The van der Waals surface area contributed by atoms with Gasteiger partial charge in [-0.25, -0.2) is 4.79 Å². The number of aromatic nitrogens is 2. The number of aromatic hydroxyl groups is 2. The van der Waals surface area contributed by atoms with Gasteiger partial charge in [-0.1, -0.05) is 13.8 Å². The van der Waals surface area contributed by atoms with Crippen LogP contribution in [0.5, 0.6) is 11.8 Å². The SMILES string of the molecule is CC(C)CC(C)n1c(O)c(O)[nH]c1=O. The van der Waals surface area contributed by atoms with Crippen LogP contribution < -0.4 is 5.69 Å². The van der Waals surface area contributed by atoms with Crippen molar-refractivity contribution in [2.75, 3.05) is 0 Å². The maximum absolute atomic E-state index is 11.3. The minimum atomic E-state index is -0.479. The van der Waals surface area contributed by atoms with Crippen molar-refractivity contribution in [2.45, 2.75) is 33.2 Å². The molecule has 0 aliphatic carbocycles. The molecule has 0 saturated heterocycles. The largest absolute Gasteiger partial charge is 0.491 e. The molecule has 80 valence electrons. The number of hydrogen-bond donors (Lipinski definition) is 3. The number of H-pyrrole nitrogens is 1. The van der Waals surface area contributed by atoms with Crippen LogP contribution in [0.1, 0.15) is 33.2 Å². The first-order chi connectivity index (χ1) is 6.43. The van der Waals surface area contributed by atoms with E-state index in [1.165, 1.54) is 0 Å². The number of rotatable bonds is 3. The van der Waals surface area contributed by atoms with Crippen LogP contribution in [0.2, 0.25) is 0 Å². The first-order valence-electron chi connectivity index (χ1n) is 4.66. The molecule has 5 nitrogen and oxygen atoms in total. The molecule has 0 bridgehead atoms. The number of nitrogens with one attached hydrogen (secondary N) is 1. The van der Waals surface area contributed by atoms with Crippen molar-refractivity contribution in [3.05, 3.63) is 10.5 Å². The van der Waals surface area contributed by atoms with Crippen molar-refractivity contribution < 1.29 is 10.2 Å². The molecule has 0 aromatic carbocycles. The van der Waals surface area contributed by atoms with Gasteiger partial charge >= 0.3 is 5.69 Å². The molecule has 0 fully saturated rings. The Bertz CT molecular complexity index is 365. The van der Waals surface area contributed by atoms with E-state index < -0.39 is 11.6 Å². The highest BCUT2D eigenvalue weighted by Crippen LogP contribution is 2.25. The van der Waals surface area contributed by atoms with E-state index in [4.69, 9.17) is 5.11 Å². The Kier molecular flexibility index (Phi) is 2.88. The van der Waals surface area contributed by atoms with Crippen LogP contribution in [-0.2, 0) is 0 Å². The Balaban J connectivity index is 3.00. The van der Waals surface area contributed by atoms with Crippen LogP contribution in [-0.4, -0.2) is 19.8 Å². The van der Waals surface area contributed by atoms with Crippen LogP contribution in [0, 0.1) is 5.92 Å². The Labute approximate surface area is 82.0 Å². The monoisotopic (exact) mass is 200 g/mol. The van der Waals surface area contributed by atoms with Crippen LogP contribution in [0.4, 0.5) is 0 Å². The summed E-state index contributed by atoms with van der Waals surface area (Å²) in [6.45, 7) is 5.89. The fourth-order valence-electron chi connectivity index (χ4n) is 1.62. The molecular weight excluding hydrogens is 184 g/mol. The average molecular weight is 200 g/mol. The van der Waals surface area contributed by atoms with Crippen LogP contribution >= 0.6 is 0 Å². The molecule has 1 unspecified atom stereocenters. The van der Waals surface area contributed by atoms with E-state index in [-0.39, 0.29) is 11.9 Å². The topological polar surface area (TPSA) is 78.2 Å². The lowest BCUT2D eigenvalue weighted by Crippen LogP contribution is -2.21. The fourth-order valence-corrected chi connectivity index (χ4v) is 1.62. The lowest BCUT2D eigenvalue weighted by Gasteiger charge is -2.14. The lowest BCUT2D eigenvalue weighted by atomic mass is 10.1. The van der Waals surface area contributed by atoms with Gasteiger partial charge in [0.15, 0.2) is 0 Å². The zero-order chi connectivity index (χ0) is 10.9. The predicted octanol–water partition coefficient (Wildman–Crippen LogP) is 1.19. The molecular formula is C9H16N2O3. The van der Waals surface area contributed by atoms with Gasteiger partial charge in [0.25, 0.3) is 11.8 Å². The first kappa shape index (κ1) is 10.7. The van der Waals surface area contributed by atoms with E-state index in [1.807, 2.05) is 20.8 Å². The summed E-state index contributed by atoms with van der Waals surface area (Å²) in [5.74, 6) is -0.429. The van der Waals surface area contributed by atoms with Gasteiger partial charge in [0, 0.05) is 6.04 Å². The first-order valence-corrected chi connectivity index (χ1v) is 4.66. The van der Waals surface area contributed by atoms with Gasteiger partial charge in [0.2, 0.25) is 0 Å². The minimum Gasteiger partial charge on any atom is -0.491 e. The number of imidazole rings is 1. The Morgan fingerprint density at radius 1 is 1.36 bits per heavy atom. The van der Waals surface area contributed by atoms with Crippen molar-refractivity contribution in [1.82, 2.24) is 9.55 Å². The van der Waals surface area contributed by atoms with Gasteiger partial charge in [-0.05, 0) is 19.3 Å². The third-order valence-corrected chi connectivity index (χ3v) is 2.14.